The number of hydrogen-bond donors (Lipinski definition) is 1. The van der Waals surface area contributed by atoms with Gasteiger partial charge >= 0.3 is 0 Å². The minimum atomic E-state index is 0.186. The molecule has 0 amide bonds. The fourth-order valence-corrected chi connectivity index (χ4v) is 3.92. The number of ether oxygens (including phenoxy) is 1. The normalized spacial score (nSPS) is 29.3. The van der Waals surface area contributed by atoms with Crippen LogP contribution in [0, 0.1) is 5.92 Å². The first-order valence-corrected chi connectivity index (χ1v) is 7.65. The van der Waals surface area contributed by atoms with Gasteiger partial charge in [0.2, 0.25) is 0 Å². The average Bonchev–Trinajstić information content (AvgIpc) is 2.46. The van der Waals surface area contributed by atoms with Crippen molar-refractivity contribution >= 4 is 11.8 Å². The van der Waals surface area contributed by atoms with Gasteiger partial charge in [0.1, 0.15) is 17.6 Å². The molecular weight excluding hydrogens is 256 g/mol. The van der Waals surface area contributed by atoms with Crippen molar-refractivity contribution in [3.05, 3.63) is 48.3 Å². The van der Waals surface area contributed by atoms with Crippen LogP contribution in [0.5, 0.6) is 5.75 Å². The molecule has 0 saturated carbocycles. The van der Waals surface area contributed by atoms with Crippen LogP contribution < -0.4 is 4.74 Å². The van der Waals surface area contributed by atoms with Gasteiger partial charge in [-0.25, -0.2) is 0 Å². The lowest BCUT2D eigenvalue weighted by molar-refractivity contribution is 0.141. The Morgan fingerprint density at radius 2 is 2.21 bits per heavy atom. The lowest BCUT2D eigenvalue weighted by atomic mass is 9.91. The standard InChI is InChI=1S/C16H18O2S/c1-2-14-16(11-7-9-12(17)10-8-11)18-13-5-3-4-6-15(13)19-14/h3-7,9-11,14,16-17H,2,8H2,1H3/t11?,14-,16-/m0/s1. The number of hydrogen-bond acceptors (Lipinski definition) is 3. The maximum Gasteiger partial charge on any atom is 0.133 e. The zero-order valence-corrected chi connectivity index (χ0v) is 11.8. The van der Waals surface area contributed by atoms with Crippen molar-refractivity contribution in [1.82, 2.24) is 0 Å². The fraction of sp³-hybridized carbons (Fsp3) is 0.375. The smallest absolute Gasteiger partial charge is 0.133 e. The Kier molecular flexibility index (Phi) is 3.56. The van der Waals surface area contributed by atoms with Gasteiger partial charge in [-0.2, -0.15) is 0 Å². The Balaban J connectivity index is 1.84. The number of thioether (sulfide) groups is 1. The van der Waals surface area contributed by atoms with Crippen LogP contribution in [0.2, 0.25) is 0 Å². The first-order valence-electron chi connectivity index (χ1n) is 6.77. The molecule has 0 aromatic heterocycles. The summed E-state index contributed by atoms with van der Waals surface area (Å²) in [5.74, 6) is 1.71. The Bertz CT molecular complexity index is 521. The van der Waals surface area contributed by atoms with E-state index in [2.05, 4.69) is 25.1 Å². The van der Waals surface area contributed by atoms with Gasteiger partial charge in [0, 0.05) is 16.1 Å². The molecule has 1 N–H and O–H groups in total. The summed E-state index contributed by atoms with van der Waals surface area (Å²) < 4.78 is 6.23. The van der Waals surface area contributed by atoms with Gasteiger partial charge in [0.05, 0.1) is 0 Å². The molecule has 0 saturated heterocycles. The van der Waals surface area contributed by atoms with Crippen molar-refractivity contribution in [1.29, 1.82) is 0 Å². The van der Waals surface area contributed by atoms with Crippen LogP contribution in [0.3, 0.4) is 0 Å². The fourth-order valence-electron chi connectivity index (χ4n) is 2.65. The first-order chi connectivity index (χ1) is 9.28. The van der Waals surface area contributed by atoms with Gasteiger partial charge in [0.15, 0.2) is 0 Å². The summed E-state index contributed by atoms with van der Waals surface area (Å²) in [4.78, 5) is 1.24. The molecular formula is C16H18O2S. The summed E-state index contributed by atoms with van der Waals surface area (Å²) >= 11 is 1.92. The third kappa shape index (κ3) is 2.52. The van der Waals surface area contributed by atoms with Crippen LogP contribution in [0.4, 0.5) is 0 Å². The molecule has 1 aliphatic heterocycles. The van der Waals surface area contributed by atoms with Crippen LogP contribution in [-0.4, -0.2) is 16.5 Å². The minimum absolute atomic E-state index is 0.186. The molecule has 100 valence electrons. The average molecular weight is 274 g/mol. The summed E-state index contributed by atoms with van der Waals surface area (Å²) in [7, 11) is 0. The van der Waals surface area contributed by atoms with Crippen molar-refractivity contribution in [2.75, 3.05) is 0 Å². The number of benzene rings is 1. The predicted molar refractivity (Wildman–Crippen MR) is 78.8 cm³/mol. The zero-order valence-electron chi connectivity index (χ0n) is 11.0. The number of para-hydroxylation sites is 1. The van der Waals surface area contributed by atoms with Crippen LogP contribution in [-0.2, 0) is 0 Å². The van der Waals surface area contributed by atoms with E-state index >= 15 is 0 Å². The maximum atomic E-state index is 9.43. The summed E-state index contributed by atoms with van der Waals surface area (Å²) in [6.45, 7) is 2.21. The summed E-state index contributed by atoms with van der Waals surface area (Å²) in [6.07, 6.45) is 7.87. The molecule has 0 bridgehead atoms. The monoisotopic (exact) mass is 274 g/mol. The lowest BCUT2D eigenvalue weighted by Crippen LogP contribution is -2.38. The Morgan fingerprint density at radius 3 is 2.95 bits per heavy atom. The van der Waals surface area contributed by atoms with Gasteiger partial charge < -0.3 is 9.84 Å². The Morgan fingerprint density at radius 1 is 1.37 bits per heavy atom. The predicted octanol–water partition coefficient (Wildman–Crippen LogP) is 4.34. The van der Waals surface area contributed by atoms with Crippen LogP contribution in [0.15, 0.2) is 53.1 Å². The highest BCUT2D eigenvalue weighted by molar-refractivity contribution is 8.00. The van der Waals surface area contributed by atoms with Gasteiger partial charge in [-0.1, -0.05) is 25.1 Å². The molecule has 2 aliphatic rings. The molecule has 1 aliphatic carbocycles. The summed E-state index contributed by atoms with van der Waals surface area (Å²) in [5.41, 5.74) is 0. The number of aliphatic hydroxyl groups excluding tert-OH is 1. The van der Waals surface area contributed by atoms with E-state index in [0.29, 0.717) is 16.9 Å². The minimum Gasteiger partial charge on any atom is -0.508 e. The van der Waals surface area contributed by atoms with E-state index in [0.717, 1.165) is 18.6 Å². The topological polar surface area (TPSA) is 29.5 Å². The lowest BCUT2D eigenvalue weighted by Gasteiger charge is -2.36. The highest BCUT2D eigenvalue weighted by atomic mass is 32.2. The largest absolute Gasteiger partial charge is 0.508 e. The highest BCUT2D eigenvalue weighted by Crippen LogP contribution is 2.43. The number of allylic oxidation sites excluding steroid dienone is 2. The van der Waals surface area contributed by atoms with E-state index in [9.17, 15) is 5.11 Å². The quantitative estimate of drug-likeness (QED) is 0.870. The molecule has 3 heteroatoms. The van der Waals surface area contributed by atoms with Gasteiger partial charge in [0.25, 0.3) is 0 Å². The first kappa shape index (κ1) is 12.7. The molecule has 3 atom stereocenters. The van der Waals surface area contributed by atoms with Crippen molar-refractivity contribution in [3.63, 3.8) is 0 Å². The second-order valence-corrected chi connectivity index (χ2v) is 6.26. The van der Waals surface area contributed by atoms with E-state index in [4.69, 9.17) is 4.74 Å². The third-order valence-corrected chi connectivity index (χ3v) is 5.19. The molecule has 1 unspecified atom stereocenters. The molecule has 3 rings (SSSR count). The second kappa shape index (κ2) is 5.33. The van der Waals surface area contributed by atoms with Crippen molar-refractivity contribution in [2.24, 2.45) is 5.92 Å². The third-order valence-electron chi connectivity index (χ3n) is 3.69. The number of fused-ring (bicyclic) bond motifs is 1. The van der Waals surface area contributed by atoms with Crippen molar-refractivity contribution in [3.8, 4) is 5.75 Å². The molecule has 2 nitrogen and oxygen atoms in total. The number of rotatable bonds is 2. The number of aliphatic hydroxyl groups is 1. The van der Waals surface area contributed by atoms with Crippen LogP contribution in [0.25, 0.3) is 0 Å². The van der Waals surface area contributed by atoms with E-state index in [-0.39, 0.29) is 6.10 Å². The Hall–Kier alpha value is -1.35. The van der Waals surface area contributed by atoms with E-state index in [1.54, 1.807) is 6.08 Å². The molecule has 1 aromatic carbocycles. The van der Waals surface area contributed by atoms with Gasteiger partial charge in [-0.3, -0.25) is 0 Å². The van der Waals surface area contributed by atoms with E-state index in [1.807, 2.05) is 30.0 Å². The molecule has 0 radical (unpaired) electrons. The van der Waals surface area contributed by atoms with E-state index in [1.165, 1.54) is 4.90 Å². The molecule has 1 aromatic rings. The van der Waals surface area contributed by atoms with Gasteiger partial charge in [-0.05, 0) is 37.1 Å². The second-order valence-electron chi connectivity index (χ2n) is 4.98. The van der Waals surface area contributed by atoms with Crippen LogP contribution in [0.1, 0.15) is 19.8 Å². The molecule has 19 heavy (non-hydrogen) atoms. The maximum absolute atomic E-state index is 9.43. The highest BCUT2D eigenvalue weighted by Gasteiger charge is 2.34. The zero-order chi connectivity index (χ0) is 13.2. The molecule has 0 spiro atoms. The van der Waals surface area contributed by atoms with Crippen molar-refractivity contribution in [2.45, 2.75) is 36.0 Å². The molecule has 1 heterocycles. The summed E-state index contributed by atoms with van der Waals surface area (Å²) in [6, 6.07) is 8.25. The van der Waals surface area contributed by atoms with E-state index < -0.39 is 0 Å². The SMILES string of the molecule is CC[C@@H]1Sc2ccccc2O[C@H]1C1C=CC(O)=CC1. The summed E-state index contributed by atoms with van der Waals surface area (Å²) in [5, 5.41) is 9.91. The van der Waals surface area contributed by atoms with Gasteiger partial charge in [-0.15, -0.1) is 11.8 Å². The van der Waals surface area contributed by atoms with Crippen molar-refractivity contribution < 1.29 is 9.84 Å². The molecule has 0 fully saturated rings. The Labute approximate surface area is 118 Å². The van der Waals surface area contributed by atoms with Crippen LogP contribution >= 0.6 is 11.8 Å².